The van der Waals surface area contributed by atoms with E-state index in [-0.39, 0.29) is 19.1 Å². The minimum atomic E-state index is -0.176. The van der Waals surface area contributed by atoms with Crippen LogP contribution in [0.2, 0.25) is 0 Å². The molecule has 2 N–H and O–H groups in total. The first-order valence-electron chi connectivity index (χ1n) is 5.67. The van der Waals surface area contributed by atoms with E-state index in [0.29, 0.717) is 5.82 Å². The third kappa shape index (κ3) is 2.75. The van der Waals surface area contributed by atoms with Crippen molar-refractivity contribution in [3.05, 3.63) is 48.0 Å². The number of hydrogen-bond donors (Lipinski definition) is 2. The number of carbonyl (C=O) groups excluding carboxylic acids is 1. The molecule has 18 heavy (non-hydrogen) atoms. The van der Waals surface area contributed by atoms with Gasteiger partial charge in [0.25, 0.3) is 0 Å². The van der Waals surface area contributed by atoms with Gasteiger partial charge in [0.05, 0.1) is 0 Å². The third-order valence-corrected chi connectivity index (χ3v) is 2.68. The zero-order chi connectivity index (χ0) is 13.0. The van der Waals surface area contributed by atoms with E-state index in [9.17, 15) is 4.79 Å². The quantitative estimate of drug-likeness (QED) is 0.853. The van der Waals surface area contributed by atoms with E-state index < -0.39 is 0 Å². The monoisotopic (exact) mass is 245 g/mol. The molecule has 0 spiro atoms. The fourth-order valence-corrected chi connectivity index (χ4v) is 1.69. The van der Waals surface area contributed by atoms with Crippen LogP contribution >= 0.6 is 0 Å². The summed E-state index contributed by atoms with van der Waals surface area (Å²) in [6, 6.07) is 7.59. The minimum Gasteiger partial charge on any atom is -0.388 e. The average Bonchev–Trinajstić information content (AvgIpc) is 2.79. The van der Waals surface area contributed by atoms with Crippen molar-refractivity contribution in [2.75, 3.05) is 5.32 Å². The van der Waals surface area contributed by atoms with Gasteiger partial charge in [-0.2, -0.15) is 0 Å². The molecule has 2 aromatic rings. The normalized spacial score (nSPS) is 10.3. The van der Waals surface area contributed by atoms with Crippen molar-refractivity contribution in [2.24, 2.45) is 0 Å². The number of aromatic nitrogens is 2. The lowest BCUT2D eigenvalue weighted by Gasteiger charge is -2.09. The standard InChI is InChI=1S/C13H15N3O2/c1-10-4-2-3-5-11(10)15-13(18)8-16-7-6-14-12(16)9-17/h2-7,17H,8-9H2,1H3,(H,15,18). The summed E-state index contributed by atoms with van der Waals surface area (Å²) in [5.41, 5.74) is 1.81. The molecule has 94 valence electrons. The van der Waals surface area contributed by atoms with Crippen LogP contribution in [0, 0.1) is 6.92 Å². The Hall–Kier alpha value is -2.14. The number of anilines is 1. The second-order valence-electron chi connectivity index (χ2n) is 3.99. The first-order chi connectivity index (χ1) is 8.70. The van der Waals surface area contributed by atoms with Crippen molar-refractivity contribution in [3.63, 3.8) is 0 Å². The van der Waals surface area contributed by atoms with Gasteiger partial charge in [-0.05, 0) is 18.6 Å². The molecule has 0 saturated carbocycles. The highest BCUT2D eigenvalue weighted by atomic mass is 16.3. The predicted molar refractivity (Wildman–Crippen MR) is 68.0 cm³/mol. The number of imidazole rings is 1. The van der Waals surface area contributed by atoms with Crippen molar-refractivity contribution in [1.82, 2.24) is 9.55 Å². The molecule has 1 heterocycles. The summed E-state index contributed by atoms with van der Waals surface area (Å²) in [5.74, 6) is 0.340. The lowest BCUT2D eigenvalue weighted by atomic mass is 10.2. The predicted octanol–water partition coefficient (Wildman–Crippen LogP) is 1.32. The number of benzene rings is 1. The fourth-order valence-electron chi connectivity index (χ4n) is 1.69. The van der Waals surface area contributed by atoms with E-state index in [1.54, 1.807) is 17.0 Å². The molecule has 0 unspecified atom stereocenters. The molecule has 0 atom stereocenters. The molecule has 5 heteroatoms. The molecule has 1 amide bonds. The molecule has 0 aliphatic heterocycles. The Morgan fingerprint density at radius 1 is 1.44 bits per heavy atom. The minimum absolute atomic E-state index is 0.142. The molecular formula is C13H15N3O2. The highest BCUT2D eigenvalue weighted by molar-refractivity contribution is 5.91. The van der Waals surface area contributed by atoms with Crippen LogP contribution in [0.4, 0.5) is 5.69 Å². The van der Waals surface area contributed by atoms with E-state index in [2.05, 4.69) is 10.3 Å². The van der Waals surface area contributed by atoms with E-state index in [0.717, 1.165) is 11.3 Å². The first-order valence-corrected chi connectivity index (χ1v) is 5.67. The van der Waals surface area contributed by atoms with E-state index in [4.69, 9.17) is 5.11 Å². The summed E-state index contributed by atoms with van der Waals surface area (Å²) < 4.78 is 1.62. The Morgan fingerprint density at radius 3 is 2.94 bits per heavy atom. The summed E-state index contributed by atoms with van der Waals surface area (Å²) in [5, 5.41) is 11.9. The van der Waals surface area contributed by atoms with Gasteiger partial charge in [0.15, 0.2) is 0 Å². The van der Waals surface area contributed by atoms with Crippen LogP contribution < -0.4 is 5.32 Å². The van der Waals surface area contributed by atoms with E-state index in [1.165, 1.54) is 0 Å². The van der Waals surface area contributed by atoms with Crippen molar-refractivity contribution in [1.29, 1.82) is 0 Å². The number of aryl methyl sites for hydroxylation is 1. The van der Waals surface area contributed by atoms with Crippen LogP contribution in [0.1, 0.15) is 11.4 Å². The third-order valence-electron chi connectivity index (χ3n) is 2.68. The topological polar surface area (TPSA) is 67.2 Å². The van der Waals surface area contributed by atoms with Gasteiger partial charge < -0.3 is 15.0 Å². The lowest BCUT2D eigenvalue weighted by Crippen LogP contribution is -2.20. The highest BCUT2D eigenvalue weighted by Crippen LogP contribution is 2.13. The number of aliphatic hydroxyl groups excluding tert-OH is 1. The van der Waals surface area contributed by atoms with Crippen molar-refractivity contribution < 1.29 is 9.90 Å². The molecule has 0 aliphatic carbocycles. The summed E-state index contributed by atoms with van der Waals surface area (Å²) in [6.07, 6.45) is 3.23. The van der Waals surface area contributed by atoms with Gasteiger partial charge in [-0.3, -0.25) is 4.79 Å². The number of aliphatic hydroxyl groups is 1. The SMILES string of the molecule is Cc1ccccc1NC(=O)Cn1ccnc1CO. The van der Waals surface area contributed by atoms with E-state index >= 15 is 0 Å². The lowest BCUT2D eigenvalue weighted by molar-refractivity contribution is -0.116. The Kier molecular flexibility index (Phi) is 3.74. The molecule has 1 aromatic carbocycles. The van der Waals surface area contributed by atoms with Crippen LogP contribution in [0.3, 0.4) is 0 Å². The van der Waals surface area contributed by atoms with Crippen LogP contribution in [0.25, 0.3) is 0 Å². The zero-order valence-electron chi connectivity index (χ0n) is 10.1. The number of nitrogens with one attached hydrogen (secondary N) is 1. The molecule has 0 aliphatic rings. The van der Waals surface area contributed by atoms with Crippen LogP contribution in [-0.2, 0) is 17.9 Å². The van der Waals surface area contributed by atoms with Gasteiger partial charge in [0.2, 0.25) is 5.91 Å². The fraction of sp³-hybridized carbons (Fsp3) is 0.231. The van der Waals surface area contributed by atoms with E-state index in [1.807, 2.05) is 31.2 Å². The molecule has 0 saturated heterocycles. The van der Waals surface area contributed by atoms with Crippen molar-refractivity contribution >= 4 is 11.6 Å². The summed E-state index contributed by atoms with van der Waals surface area (Å²) in [7, 11) is 0. The largest absolute Gasteiger partial charge is 0.388 e. The van der Waals surface area contributed by atoms with Crippen LogP contribution in [-0.4, -0.2) is 20.6 Å². The molecule has 5 nitrogen and oxygen atoms in total. The molecule has 0 radical (unpaired) electrons. The van der Waals surface area contributed by atoms with Gasteiger partial charge >= 0.3 is 0 Å². The molecule has 1 aromatic heterocycles. The van der Waals surface area contributed by atoms with Gasteiger partial charge in [-0.15, -0.1) is 0 Å². The molecular weight excluding hydrogens is 230 g/mol. The van der Waals surface area contributed by atoms with Crippen LogP contribution in [0.5, 0.6) is 0 Å². The Labute approximate surface area is 105 Å². The van der Waals surface area contributed by atoms with Crippen molar-refractivity contribution in [3.8, 4) is 0 Å². The van der Waals surface area contributed by atoms with Gasteiger partial charge in [0, 0.05) is 18.1 Å². The first kappa shape index (κ1) is 12.3. The highest BCUT2D eigenvalue weighted by Gasteiger charge is 2.08. The molecule has 2 rings (SSSR count). The molecule has 0 bridgehead atoms. The second-order valence-corrected chi connectivity index (χ2v) is 3.99. The maximum absolute atomic E-state index is 11.9. The van der Waals surface area contributed by atoms with Gasteiger partial charge in [-0.25, -0.2) is 4.98 Å². The number of rotatable bonds is 4. The number of amides is 1. The Bertz CT molecular complexity index is 549. The van der Waals surface area contributed by atoms with Gasteiger partial charge in [-0.1, -0.05) is 18.2 Å². The average molecular weight is 245 g/mol. The van der Waals surface area contributed by atoms with Crippen LogP contribution in [0.15, 0.2) is 36.7 Å². The maximum atomic E-state index is 11.9. The van der Waals surface area contributed by atoms with Crippen molar-refractivity contribution in [2.45, 2.75) is 20.1 Å². The Morgan fingerprint density at radius 2 is 2.22 bits per heavy atom. The summed E-state index contributed by atoms with van der Waals surface area (Å²) in [6.45, 7) is 1.90. The van der Waals surface area contributed by atoms with Gasteiger partial charge in [0.1, 0.15) is 19.0 Å². The Balaban J connectivity index is 2.04. The number of hydrogen-bond acceptors (Lipinski definition) is 3. The maximum Gasteiger partial charge on any atom is 0.244 e. The summed E-state index contributed by atoms with van der Waals surface area (Å²) in [4.78, 5) is 15.8. The number of nitrogens with zero attached hydrogens (tertiary/aromatic N) is 2. The summed E-state index contributed by atoms with van der Waals surface area (Å²) >= 11 is 0. The smallest absolute Gasteiger partial charge is 0.244 e. The zero-order valence-corrected chi connectivity index (χ0v) is 10.1. The number of para-hydroxylation sites is 1. The second kappa shape index (κ2) is 5.46. The number of carbonyl (C=O) groups is 1. The molecule has 0 fully saturated rings.